The first-order valence-corrected chi connectivity index (χ1v) is 12.4. The smallest absolute Gasteiger partial charge is 0.433 e. The van der Waals surface area contributed by atoms with Crippen molar-refractivity contribution in [3.63, 3.8) is 0 Å². The third-order valence-corrected chi connectivity index (χ3v) is 6.66. The lowest BCUT2D eigenvalue weighted by Crippen LogP contribution is -2.63. The summed E-state index contributed by atoms with van der Waals surface area (Å²) in [5.74, 6) is -2.00. The number of nitrogens with one attached hydrogen (secondary N) is 1. The monoisotopic (exact) mass is 571 g/mol. The lowest BCUT2D eigenvalue weighted by atomic mass is 9.86. The average Bonchev–Trinajstić information content (AvgIpc) is 3.31. The summed E-state index contributed by atoms with van der Waals surface area (Å²) in [6.45, 7) is -0.786. The number of carbonyl (C=O) groups excluding carboxylic acids is 2. The van der Waals surface area contributed by atoms with Crippen LogP contribution in [-0.2, 0) is 22.1 Å². The van der Waals surface area contributed by atoms with Crippen LogP contribution in [0.1, 0.15) is 21.6 Å². The number of amides is 2. The molecular weight excluding hydrogens is 547 g/mol. The van der Waals surface area contributed by atoms with Gasteiger partial charge in [0.2, 0.25) is 0 Å². The van der Waals surface area contributed by atoms with Crippen LogP contribution >= 0.6 is 0 Å². The van der Waals surface area contributed by atoms with Crippen LogP contribution in [0.5, 0.6) is 5.75 Å². The summed E-state index contributed by atoms with van der Waals surface area (Å²) in [7, 11) is 0. The Hall–Kier alpha value is -4.69. The first kappa shape index (κ1) is 27.9. The maximum atomic E-state index is 13.6. The highest BCUT2D eigenvalue weighted by atomic mass is 19.4. The summed E-state index contributed by atoms with van der Waals surface area (Å²) in [5.41, 5.74) is 3.18. The van der Waals surface area contributed by atoms with E-state index < -0.39 is 41.9 Å². The molecule has 0 radical (unpaired) electrons. The van der Waals surface area contributed by atoms with Crippen molar-refractivity contribution in [3.8, 4) is 5.75 Å². The highest BCUT2D eigenvalue weighted by Gasteiger charge is 2.47. The molecule has 4 aromatic rings. The van der Waals surface area contributed by atoms with Gasteiger partial charge in [-0.05, 0) is 42.0 Å². The fraction of sp³-hybridized carbons (Fsp3) is 0.259. The van der Waals surface area contributed by atoms with E-state index in [0.29, 0.717) is 16.5 Å². The number of halogens is 3. The molecule has 2 aromatic carbocycles. The van der Waals surface area contributed by atoms with Crippen molar-refractivity contribution in [2.75, 3.05) is 30.3 Å². The average molecular weight is 572 g/mol. The van der Waals surface area contributed by atoms with E-state index in [9.17, 15) is 33.0 Å². The number of morpholine rings is 1. The summed E-state index contributed by atoms with van der Waals surface area (Å²) in [6, 6.07) is 13.7. The van der Waals surface area contributed by atoms with Crippen molar-refractivity contribution in [2.24, 2.45) is 0 Å². The molecule has 1 aliphatic rings. The predicted molar refractivity (Wildman–Crippen MR) is 139 cm³/mol. The van der Waals surface area contributed by atoms with Gasteiger partial charge in [0.25, 0.3) is 11.8 Å². The van der Waals surface area contributed by atoms with Crippen molar-refractivity contribution in [1.29, 1.82) is 0 Å². The van der Waals surface area contributed by atoms with E-state index in [1.54, 1.807) is 18.2 Å². The lowest BCUT2D eigenvalue weighted by Gasteiger charge is -2.41. The molecule has 0 spiro atoms. The van der Waals surface area contributed by atoms with Crippen molar-refractivity contribution in [1.82, 2.24) is 15.5 Å². The number of carbonyl (C=O) groups is 2. The van der Waals surface area contributed by atoms with Crippen LogP contribution in [0, 0.1) is 0 Å². The number of phenolic OH excluding ortho intramolecular Hbond substituents is 1. The number of aromatic nitrogens is 2. The summed E-state index contributed by atoms with van der Waals surface area (Å²) in [6.07, 6.45) is -6.61. The van der Waals surface area contributed by atoms with Crippen LogP contribution in [-0.4, -0.2) is 63.6 Å². The summed E-state index contributed by atoms with van der Waals surface area (Å²) in [5, 5.41) is 28.7. The van der Waals surface area contributed by atoms with Crippen LogP contribution in [0.25, 0.3) is 11.0 Å². The second-order valence-electron chi connectivity index (χ2n) is 9.50. The number of aliphatic hydroxyl groups is 1. The van der Waals surface area contributed by atoms with Gasteiger partial charge in [0, 0.05) is 6.42 Å². The van der Waals surface area contributed by atoms with Gasteiger partial charge in [-0.1, -0.05) is 29.4 Å². The Bertz CT molecular complexity index is 1610. The number of alkyl halides is 3. The molecule has 1 aliphatic heterocycles. The molecule has 5 N–H and O–H groups in total. The van der Waals surface area contributed by atoms with E-state index in [1.807, 2.05) is 0 Å². The van der Waals surface area contributed by atoms with Gasteiger partial charge >= 0.3 is 6.18 Å². The number of nitrogen functional groups attached to an aromatic ring is 1. The van der Waals surface area contributed by atoms with Gasteiger partial charge in [0.1, 0.15) is 22.9 Å². The maximum Gasteiger partial charge on any atom is 0.433 e. The zero-order chi connectivity index (χ0) is 29.4. The normalized spacial score (nSPS) is 17.4. The molecule has 11 nitrogen and oxygen atoms in total. The summed E-state index contributed by atoms with van der Waals surface area (Å²) in [4.78, 5) is 31.1. The fourth-order valence-corrected chi connectivity index (χ4v) is 4.64. The highest BCUT2D eigenvalue weighted by Crippen LogP contribution is 2.32. The molecule has 3 heterocycles. The number of ether oxygens (including phenoxy) is 1. The van der Waals surface area contributed by atoms with Gasteiger partial charge in [0.05, 0.1) is 30.6 Å². The van der Waals surface area contributed by atoms with Crippen LogP contribution < -0.4 is 16.0 Å². The van der Waals surface area contributed by atoms with E-state index in [0.717, 1.165) is 17.0 Å². The number of aromatic hydroxyl groups is 1. The molecular formula is C27H24F3N5O6. The van der Waals surface area contributed by atoms with Crippen molar-refractivity contribution >= 4 is 34.4 Å². The van der Waals surface area contributed by atoms with Gasteiger partial charge in [0.15, 0.2) is 17.5 Å². The largest absolute Gasteiger partial charge is 0.507 e. The highest BCUT2D eigenvalue weighted by molar-refractivity contribution is 5.98. The minimum atomic E-state index is -4.73. The van der Waals surface area contributed by atoms with E-state index in [4.69, 9.17) is 15.0 Å². The van der Waals surface area contributed by atoms with Crippen LogP contribution in [0.15, 0.2) is 65.2 Å². The number of nitrogens with zero attached hydrogens (tertiary/aromatic N) is 3. The molecule has 0 bridgehead atoms. The topological polar surface area (TPSA) is 164 Å². The Morgan fingerprint density at radius 1 is 1.15 bits per heavy atom. The standard InChI is InChI=1S/C27H24F3N5O6/c28-27(29,30)20-6-3-7-21(33-20)35-10-11-40-22(25(35)38)26(39,14-32-24(37)16-4-1-2-5-18(16)36)13-15-8-9-17-19(12-15)41-34-23(17)31/h1-9,12,22,36,39H,10-11,13-14H2,(H2,31,34)(H,32,37)/t22-,26?/m0/s1. The Balaban J connectivity index is 1.47. The molecule has 1 unspecified atom stereocenters. The van der Waals surface area contributed by atoms with Crippen LogP contribution in [0.3, 0.4) is 0 Å². The Kier molecular flexibility index (Phi) is 7.28. The second-order valence-corrected chi connectivity index (χ2v) is 9.50. The van der Waals surface area contributed by atoms with E-state index in [1.165, 1.54) is 30.3 Å². The number of anilines is 2. The summed E-state index contributed by atoms with van der Waals surface area (Å²) < 4.78 is 50.7. The van der Waals surface area contributed by atoms with E-state index >= 15 is 0 Å². The number of para-hydroxylation sites is 1. The maximum absolute atomic E-state index is 13.6. The van der Waals surface area contributed by atoms with Gasteiger partial charge < -0.3 is 30.5 Å². The fourth-order valence-electron chi connectivity index (χ4n) is 4.64. The Morgan fingerprint density at radius 2 is 1.93 bits per heavy atom. The molecule has 5 rings (SSSR count). The molecule has 0 aliphatic carbocycles. The first-order valence-electron chi connectivity index (χ1n) is 12.4. The van der Waals surface area contributed by atoms with Gasteiger partial charge in [-0.3, -0.25) is 14.5 Å². The SMILES string of the molecule is Nc1noc2cc(CC(O)(CNC(=O)c3ccccc3O)[C@H]3OCCN(c4cccc(C(F)(F)F)n4)C3=O)ccc12. The van der Waals surface area contributed by atoms with Crippen molar-refractivity contribution < 1.29 is 42.2 Å². The number of hydrogen-bond donors (Lipinski definition) is 4. The zero-order valence-corrected chi connectivity index (χ0v) is 21.3. The molecule has 2 atom stereocenters. The number of fused-ring (bicyclic) bond motifs is 1. The molecule has 1 saturated heterocycles. The summed E-state index contributed by atoms with van der Waals surface area (Å²) >= 11 is 0. The van der Waals surface area contributed by atoms with Crippen LogP contribution in [0.4, 0.5) is 24.8 Å². The molecule has 2 amide bonds. The predicted octanol–water partition coefficient (Wildman–Crippen LogP) is 2.67. The van der Waals surface area contributed by atoms with Gasteiger partial charge in [-0.2, -0.15) is 13.2 Å². The quantitative estimate of drug-likeness (QED) is 0.261. The van der Waals surface area contributed by atoms with E-state index in [-0.39, 0.29) is 42.5 Å². The number of phenols is 1. The zero-order valence-electron chi connectivity index (χ0n) is 21.3. The lowest BCUT2D eigenvalue weighted by molar-refractivity contribution is -0.157. The van der Waals surface area contributed by atoms with E-state index in [2.05, 4.69) is 15.5 Å². The Labute approximate surface area is 230 Å². The number of hydrogen-bond acceptors (Lipinski definition) is 9. The van der Waals surface area contributed by atoms with Crippen LogP contribution in [0.2, 0.25) is 0 Å². The number of rotatable bonds is 7. The van der Waals surface area contributed by atoms with Crippen molar-refractivity contribution in [3.05, 3.63) is 77.5 Å². The second kappa shape index (κ2) is 10.7. The number of pyridine rings is 1. The minimum Gasteiger partial charge on any atom is -0.507 e. The molecule has 0 saturated carbocycles. The van der Waals surface area contributed by atoms with Crippen molar-refractivity contribution in [2.45, 2.75) is 24.3 Å². The number of benzene rings is 2. The number of nitrogens with two attached hydrogens (primary N) is 1. The third-order valence-electron chi connectivity index (χ3n) is 6.66. The van der Waals surface area contributed by atoms with Gasteiger partial charge in [-0.15, -0.1) is 0 Å². The minimum absolute atomic E-state index is 0.0703. The third kappa shape index (κ3) is 5.64. The molecule has 2 aromatic heterocycles. The Morgan fingerprint density at radius 3 is 2.68 bits per heavy atom. The molecule has 41 heavy (non-hydrogen) atoms. The first-order chi connectivity index (χ1) is 19.5. The molecule has 1 fully saturated rings. The molecule has 214 valence electrons. The van der Waals surface area contributed by atoms with Gasteiger partial charge in [-0.25, -0.2) is 4.98 Å². The molecule has 14 heteroatoms.